The van der Waals surface area contributed by atoms with Crippen LogP contribution in [0.4, 0.5) is 24.5 Å². The van der Waals surface area contributed by atoms with E-state index in [9.17, 15) is 18.0 Å². The molecule has 0 aliphatic carbocycles. The van der Waals surface area contributed by atoms with E-state index in [-0.39, 0.29) is 11.7 Å². The first-order valence-corrected chi connectivity index (χ1v) is 10.7. The van der Waals surface area contributed by atoms with E-state index in [1.807, 2.05) is 24.3 Å². The summed E-state index contributed by atoms with van der Waals surface area (Å²) in [5.74, 6) is 1.13. The molecule has 1 unspecified atom stereocenters. The Kier molecular flexibility index (Phi) is 6.52. The lowest BCUT2D eigenvalue weighted by Crippen LogP contribution is -2.31. The van der Waals surface area contributed by atoms with Gasteiger partial charge in [-0.25, -0.2) is 0 Å². The van der Waals surface area contributed by atoms with Crippen LogP contribution in [0.3, 0.4) is 0 Å². The van der Waals surface area contributed by atoms with Gasteiger partial charge in [0.05, 0.1) is 0 Å². The molecule has 1 atom stereocenters. The van der Waals surface area contributed by atoms with E-state index in [2.05, 4.69) is 30.1 Å². The molecule has 0 saturated carbocycles. The van der Waals surface area contributed by atoms with E-state index >= 15 is 0 Å². The summed E-state index contributed by atoms with van der Waals surface area (Å²) in [5.41, 5.74) is 2.02. The average Bonchev–Trinajstić information content (AvgIpc) is 3.02. The molecule has 2 N–H and O–H groups in total. The van der Waals surface area contributed by atoms with E-state index in [1.165, 1.54) is 18.6 Å². The number of ether oxygens (including phenoxy) is 1. The number of carbonyl (C=O) groups is 1. The van der Waals surface area contributed by atoms with Crippen molar-refractivity contribution in [3.05, 3.63) is 54.4 Å². The lowest BCUT2D eigenvalue weighted by Gasteiger charge is -2.16. The van der Waals surface area contributed by atoms with Gasteiger partial charge in [0.2, 0.25) is 5.91 Å². The topological polar surface area (TPSA) is 81.1 Å². The van der Waals surface area contributed by atoms with Gasteiger partial charge in [-0.2, -0.15) is 0 Å². The standard InChI is InChI=1S/C23H24F3N5O2/c1-15(22(32)28-17-9-11-19(12-10-17)33-23(24,25)26)27-18-7-5-6-16(14-18)21-30-29-20-8-3-2-4-13-31(20)21/h5-7,9-12,14-15,27H,2-4,8,13H2,1H3,(H,28,32). The highest BCUT2D eigenvalue weighted by Gasteiger charge is 2.31. The van der Waals surface area contributed by atoms with Gasteiger partial charge in [0, 0.05) is 29.9 Å². The molecule has 1 aromatic heterocycles. The number of carbonyl (C=O) groups excluding carboxylic acids is 1. The van der Waals surface area contributed by atoms with Crippen LogP contribution in [0, 0.1) is 0 Å². The van der Waals surface area contributed by atoms with Crippen LogP contribution in [0.25, 0.3) is 11.4 Å². The molecule has 0 fully saturated rings. The van der Waals surface area contributed by atoms with Crippen LogP contribution in [-0.2, 0) is 17.8 Å². The lowest BCUT2D eigenvalue weighted by molar-refractivity contribution is -0.274. The molecule has 3 aromatic rings. The number of benzene rings is 2. The second-order valence-corrected chi connectivity index (χ2v) is 7.91. The molecule has 1 aliphatic rings. The summed E-state index contributed by atoms with van der Waals surface area (Å²) in [7, 11) is 0. The molecule has 174 valence electrons. The van der Waals surface area contributed by atoms with E-state index in [1.54, 1.807) is 6.92 Å². The van der Waals surface area contributed by atoms with Crippen molar-refractivity contribution in [3.8, 4) is 17.1 Å². The van der Waals surface area contributed by atoms with Crippen LogP contribution in [0.1, 0.15) is 32.0 Å². The number of hydrogen-bond donors (Lipinski definition) is 2. The molecule has 1 aliphatic heterocycles. The fraction of sp³-hybridized carbons (Fsp3) is 0.348. The monoisotopic (exact) mass is 459 g/mol. The summed E-state index contributed by atoms with van der Waals surface area (Å²) < 4.78 is 42.8. The van der Waals surface area contributed by atoms with Crippen molar-refractivity contribution < 1.29 is 22.7 Å². The molecule has 0 bridgehead atoms. The zero-order valence-corrected chi connectivity index (χ0v) is 18.0. The third kappa shape index (κ3) is 5.82. The smallest absolute Gasteiger partial charge is 0.406 e. The Morgan fingerprint density at radius 1 is 1.06 bits per heavy atom. The van der Waals surface area contributed by atoms with Gasteiger partial charge in [-0.3, -0.25) is 4.79 Å². The number of alkyl halides is 3. The van der Waals surface area contributed by atoms with Crippen LogP contribution in [0.5, 0.6) is 5.75 Å². The minimum atomic E-state index is -4.76. The summed E-state index contributed by atoms with van der Waals surface area (Å²) in [4.78, 5) is 12.6. The summed E-state index contributed by atoms with van der Waals surface area (Å²) in [6.07, 6.45) is -0.454. The van der Waals surface area contributed by atoms with Gasteiger partial charge in [-0.1, -0.05) is 18.6 Å². The van der Waals surface area contributed by atoms with Gasteiger partial charge >= 0.3 is 6.36 Å². The highest BCUT2D eigenvalue weighted by molar-refractivity contribution is 5.96. The van der Waals surface area contributed by atoms with Crippen molar-refractivity contribution in [1.29, 1.82) is 0 Å². The number of amides is 1. The fourth-order valence-electron chi connectivity index (χ4n) is 3.75. The highest BCUT2D eigenvalue weighted by Crippen LogP contribution is 2.26. The first-order valence-electron chi connectivity index (χ1n) is 10.7. The van der Waals surface area contributed by atoms with Crippen LogP contribution >= 0.6 is 0 Å². The molecule has 33 heavy (non-hydrogen) atoms. The molecule has 0 radical (unpaired) electrons. The first kappa shape index (κ1) is 22.6. The van der Waals surface area contributed by atoms with Crippen molar-refractivity contribution in [1.82, 2.24) is 14.8 Å². The molecule has 2 aromatic carbocycles. The Hall–Kier alpha value is -3.56. The first-order chi connectivity index (χ1) is 15.8. The molecule has 0 saturated heterocycles. The summed E-state index contributed by atoms with van der Waals surface area (Å²) in [6.45, 7) is 2.59. The van der Waals surface area contributed by atoms with E-state index in [0.29, 0.717) is 5.69 Å². The summed E-state index contributed by atoms with van der Waals surface area (Å²) >= 11 is 0. The van der Waals surface area contributed by atoms with Crippen molar-refractivity contribution in [2.75, 3.05) is 10.6 Å². The molecule has 4 rings (SSSR count). The minimum Gasteiger partial charge on any atom is -0.406 e. The Morgan fingerprint density at radius 3 is 2.61 bits per heavy atom. The zero-order chi connectivity index (χ0) is 23.4. The van der Waals surface area contributed by atoms with Gasteiger partial charge in [0.1, 0.15) is 17.6 Å². The zero-order valence-electron chi connectivity index (χ0n) is 18.0. The number of aromatic nitrogens is 3. The van der Waals surface area contributed by atoms with E-state index in [0.717, 1.165) is 60.8 Å². The molecule has 1 amide bonds. The molecule has 7 nitrogen and oxygen atoms in total. The predicted molar refractivity (Wildman–Crippen MR) is 118 cm³/mol. The third-order valence-corrected chi connectivity index (χ3v) is 5.36. The summed E-state index contributed by atoms with van der Waals surface area (Å²) in [6, 6.07) is 12.0. The van der Waals surface area contributed by atoms with Gasteiger partial charge in [0.15, 0.2) is 5.82 Å². The van der Waals surface area contributed by atoms with E-state index in [4.69, 9.17) is 0 Å². The number of nitrogens with zero attached hydrogens (tertiary/aromatic N) is 3. The van der Waals surface area contributed by atoms with Crippen LogP contribution < -0.4 is 15.4 Å². The molecule has 2 heterocycles. The highest BCUT2D eigenvalue weighted by atomic mass is 19.4. The number of nitrogens with one attached hydrogen (secondary N) is 2. The van der Waals surface area contributed by atoms with Crippen LogP contribution in [0.15, 0.2) is 48.5 Å². The number of anilines is 2. The number of hydrogen-bond acceptors (Lipinski definition) is 5. The maximum atomic E-state index is 12.6. The fourth-order valence-corrected chi connectivity index (χ4v) is 3.75. The maximum absolute atomic E-state index is 12.6. The van der Waals surface area contributed by atoms with Gasteiger partial charge < -0.3 is 19.9 Å². The second-order valence-electron chi connectivity index (χ2n) is 7.91. The van der Waals surface area contributed by atoms with E-state index < -0.39 is 12.4 Å². The average molecular weight is 459 g/mol. The largest absolute Gasteiger partial charge is 0.573 e. The molecule has 0 spiro atoms. The second kappa shape index (κ2) is 9.51. The number of rotatable bonds is 6. The van der Waals surface area contributed by atoms with Gasteiger partial charge in [-0.05, 0) is 56.2 Å². The molecular weight excluding hydrogens is 435 g/mol. The predicted octanol–water partition coefficient (Wildman–Crippen LogP) is 5.01. The number of halogens is 3. The quantitative estimate of drug-likeness (QED) is 0.542. The third-order valence-electron chi connectivity index (χ3n) is 5.36. The van der Waals surface area contributed by atoms with Crippen LogP contribution in [-0.4, -0.2) is 33.1 Å². The van der Waals surface area contributed by atoms with Crippen LogP contribution in [0.2, 0.25) is 0 Å². The Balaban J connectivity index is 1.40. The Bertz CT molecular complexity index is 1110. The summed E-state index contributed by atoms with van der Waals surface area (Å²) in [5, 5.41) is 14.6. The van der Waals surface area contributed by atoms with Crippen molar-refractivity contribution >= 4 is 17.3 Å². The van der Waals surface area contributed by atoms with Crippen molar-refractivity contribution in [2.45, 2.75) is 51.6 Å². The molecular formula is C23H24F3N5O2. The normalized spacial score (nSPS) is 14.7. The van der Waals surface area contributed by atoms with Gasteiger partial charge in [0.25, 0.3) is 0 Å². The lowest BCUT2D eigenvalue weighted by atomic mass is 10.1. The number of aryl methyl sites for hydroxylation is 1. The number of fused-ring (bicyclic) bond motifs is 1. The van der Waals surface area contributed by atoms with Crippen molar-refractivity contribution in [3.63, 3.8) is 0 Å². The SMILES string of the molecule is CC(Nc1cccc(-c2nnc3n2CCCCC3)c1)C(=O)Nc1ccc(OC(F)(F)F)cc1. The molecule has 10 heteroatoms. The Labute approximate surface area is 189 Å². The van der Waals surface area contributed by atoms with Crippen molar-refractivity contribution in [2.24, 2.45) is 0 Å². The maximum Gasteiger partial charge on any atom is 0.573 e. The minimum absolute atomic E-state index is 0.332. The Morgan fingerprint density at radius 2 is 1.85 bits per heavy atom. The van der Waals surface area contributed by atoms with Gasteiger partial charge in [-0.15, -0.1) is 23.4 Å².